The monoisotopic (exact) mass is 359 g/mol. The highest BCUT2D eigenvalue weighted by molar-refractivity contribution is 7.18. The number of hydrogen-bond acceptors (Lipinski definition) is 5. The maximum absolute atomic E-state index is 5.33. The van der Waals surface area contributed by atoms with E-state index in [9.17, 15) is 0 Å². The summed E-state index contributed by atoms with van der Waals surface area (Å²) in [6.07, 6.45) is 5.27. The van der Waals surface area contributed by atoms with Crippen LogP contribution in [0.4, 0.5) is 0 Å². The third kappa shape index (κ3) is 3.60. The van der Waals surface area contributed by atoms with Crippen LogP contribution in [0.5, 0.6) is 0 Å². The SMILES string of the molecule is Cc1nc(CN(C)C2COC2)c2cc(C3CCC(C)(C)CC3)sc2n1. The minimum absolute atomic E-state index is 0.516. The second kappa shape index (κ2) is 6.60. The van der Waals surface area contributed by atoms with Crippen molar-refractivity contribution in [3.05, 3.63) is 22.5 Å². The summed E-state index contributed by atoms with van der Waals surface area (Å²) in [5.41, 5.74) is 1.69. The number of nitrogens with zero attached hydrogens (tertiary/aromatic N) is 3. The van der Waals surface area contributed by atoms with Crippen LogP contribution < -0.4 is 0 Å². The first-order valence-corrected chi connectivity index (χ1v) is 10.3. The number of likely N-dealkylation sites (N-methyl/N-ethyl adjacent to an activating group) is 1. The Morgan fingerprint density at radius 1 is 1.24 bits per heavy atom. The number of aryl methyl sites for hydroxylation is 1. The predicted octanol–water partition coefficient (Wildman–Crippen LogP) is 4.51. The van der Waals surface area contributed by atoms with E-state index >= 15 is 0 Å². The highest BCUT2D eigenvalue weighted by Crippen LogP contribution is 2.45. The number of thiophene rings is 1. The summed E-state index contributed by atoms with van der Waals surface area (Å²) in [5.74, 6) is 1.59. The van der Waals surface area contributed by atoms with Crippen LogP contribution in [0.15, 0.2) is 6.07 Å². The molecule has 0 bridgehead atoms. The summed E-state index contributed by atoms with van der Waals surface area (Å²) in [6.45, 7) is 9.38. The Morgan fingerprint density at radius 3 is 2.60 bits per heavy atom. The number of rotatable bonds is 4. The van der Waals surface area contributed by atoms with Crippen LogP contribution in [-0.2, 0) is 11.3 Å². The number of hydrogen-bond donors (Lipinski definition) is 0. The van der Waals surface area contributed by atoms with Crippen molar-refractivity contribution in [2.45, 2.75) is 65.0 Å². The van der Waals surface area contributed by atoms with Crippen LogP contribution in [0.2, 0.25) is 0 Å². The van der Waals surface area contributed by atoms with Crippen molar-refractivity contribution in [3.8, 4) is 0 Å². The molecule has 1 aliphatic heterocycles. The lowest BCUT2D eigenvalue weighted by Gasteiger charge is -2.34. The van der Waals surface area contributed by atoms with Gasteiger partial charge >= 0.3 is 0 Å². The normalized spacial score (nSPS) is 21.8. The molecule has 136 valence electrons. The number of ether oxygens (including phenoxy) is 1. The Morgan fingerprint density at radius 2 is 1.96 bits per heavy atom. The van der Waals surface area contributed by atoms with Gasteiger partial charge in [-0.2, -0.15) is 0 Å². The van der Waals surface area contributed by atoms with E-state index in [1.807, 2.05) is 18.3 Å². The van der Waals surface area contributed by atoms with Gasteiger partial charge in [-0.1, -0.05) is 13.8 Å². The van der Waals surface area contributed by atoms with E-state index in [0.29, 0.717) is 17.4 Å². The van der Waals surface area contributed by atoms with Crippen LogP contribution in [-0.4, -0.2) is 41.2 Å². The summed E-state index contributed by atoms with van der Waals surface area (Å²) in [4.78, 5) is 14.6. The minimum Gasteiger partial charge on any atom is -0.378 e. The molecule has 0 aromatic carbocycles. The van der Waals surface area contributed by atoms with Crippen molar-refractivity contribution in [2.75, 3.05) is 20.3 Å². The lowest BCUT2D eigenvalue weighted by molar-refractivity contribution is -0.0588. The first-order valence-electron chi connectivity index (χ1n) is 9.46. The number of fused-ring (bicyclic) bond motifs is 1. The molecule has 1 saturated carbocycles. The fourth-order valence-electron chi connectivity index (χ4n) is 3.97. The van der Waals surface area contributed by atoms with Crippen LogP contribution in [0.1, 0.15) is 61.8 Å². The molecule has 25 heavy (non-hydrogen) atoms. The van der Waals surface area contributed by atoms with Gasteiger partial charge in [-0.3, -0.25) is 4.90 Å². The van der Waals surface area contributed by atoms with Crippen molar-refractivity contribution < 1.29 is 4.74 Å². The molecular weight excluding hydrogens is 330 g/mol. The molecular formula is C20H29N3OS. The molecule has 2 fully saturated rings. The van der Waals surface area contributed by atoms with E-state index in [4.69, 9.17) is 14.7 Å². The van der Waals surface area contributed by atoms with Gasteiger partial charge in [0.15, 0.2) is 0 Å². The maximum atomic E-state index is 5.33. The molecule has 3 heterocycles. The highest BCUT2D eigenvalue weighted by atomic mass is 32.1. The van der Waals surface area contributed by atoms with Gasteiger partial charge in [0.2, 0.25) is 0 Å². The van der Waals surface area contributed by atoms with Crippen molar-refractivity contribution in [3.63, 3.8) is 0 Å². The fourth-order valence-corrected chi connectivity index (χ4v) is 5.23. The fraction of sp³-hybridized carbons (Fsp3) is 0.700. The van der Waals surface area contributed by atoms with Crippen LogP contribution in [0.3, 0.4) is 0 Å². The Kier molecular flexibility index (Phi) is 4.59. The average Bonchev–Trinajstić information content (AvgIpc) is 2.89. The Labute approximate surface area is 154 Å². The first-order chi connectivity index (χ1) is 11.9. The van der Waals surface area contributed by atoms with Gasteiger partial charge in [0.05, 0.1) is 24.9 Å². The summed E-state index contributed by atoms with van der Waals surface area (Å²) in [7, 11) is 2.17. The topological polar surface area (TPSA) is 38.2 Å². The highest BCUT2D eigenvalue weighted by Gasteiger charge is 2.29. The maximum Gasteiger partial charge on any atom is 0.127 e. The molecule has 0 amide bonds. The lowest BCUT2D eigenvalue weighted by Crippen LogP contribution is -2.46. The molecule has 0 spiro atoms. The zero-order valence-electron chi connectivity index (χ0n) is 15.8. The Hall–Kier alpha value is -1.04. The van der Waals surface area contributed by atoms with Gasteiger partial charge in [-0.05, 0) is 57.1 Å². The van der Waals surface area contributed by atoms with Gasteiger partial charge in [-0.25, -0.2) is 9.97 Å². The van der Waals surface area contributed by atoms with E-state index in [1.54, 1.807) is 0 Å². The van der Waals surface area contributed by atoms with Crippen LogP contribution in [0.25, 0.3) is 10.2 Å². The Balaban J connectivity index is 1.60. The summed E-state index contributed by atoms with van der Waals surface area (Å²) < 4.78 is 5.33. The molecule has 1 aliphatic carbocycles. The van der Waals surface area contributed by atoms with Crippen LogP contribution >= 0.6 is 11.3 Å². The lowest BCUT2D eigenvalue weighted by atomic mass is 9.73. The van der Waals surface area contributed by atoms with E-state index in [1.165, 1.54) is 46.5 Å². The van der Waals surface area contributed by atoms with Crippen molar-refractivity contribution in [1.82, 2.24) is 14.9 Å². The largest absolute Gasteiger partial charge is 0.378 e. The molecule has 0 unspecified atom stereocenters. The standard InChI is InChI=1S/C20H29N3OS/c1-13-21-17(10-23(4)15-11-24-12-15)16-9-18(25-19(16)22-13)14-5-7-20(2,3)8-6-14/h9,14-15H,5-8,10-12H2,1-4H3. The summed E-state index contributed by atoms with van der Waals surface area (Å²) >= 11 is 1.89. The quantitative estimate of drug-likeness (QED) is 0.805. The number of aromatic nitrogens is 2. The predicted molar refractivity (Wildman–Crippen MR) is 103 cm³/mol. The third-order valence-corrected chi connectivity index (χ3v) is 7.18. The summed E-state index contributed by atoms with van der Waals surface area (Å²) in [6, 6.07) is 2.92. The van der Waals surface area contributed by atoms with Gasteiger partial charge < -0.3 is 4.74 Å². The second-order valence-corrected chi connectivity index (χ2v) is 9.69. The van der Waals surface area contributed by atoms with Gasteiger partial charge in [0.25, 0.3) is 0 Å². The van der Waals surface area contributed by atoms with E-state index in [-0.39, 0.29) is 0 Å². The molecule has 2 aliphatic rings. The molecule has 0 N–H and O–H groups in total. The van der Waals surface area contributed by atoms with E-state index in [2.05, 4.69) is 31.9 Å². The van der Waals surface area contributed by atoms with E-state index in [0.717, 1.165) is 25.6 Å². The van der Waals surface area contributed by atoms with Crippen molar-refractivity contribution in [1.29, 1.82) is 0 Å². The van der Waals surface area contributed by atoms with Crippen molar-refractivity contribution >= 4 is 21.6 Å². The third-order valence-electron chi connectivity index (χ3n) is 5.99. The first kappa shape index (κ1) is 17.4. The molecule has 4 nitrogen and oxygen atoms in total. The molecule has 2 aromatic heterocycles. The molecule has 4 rings (SSSR count). The smallest absolute Gasteiger partial charge is 0.127 e. The zero-order valence-corrected chi connectivity index (χ0v) is 16.7. The average molecular weight is 360 g/mol. The van der Waals surface area contributed by atoms with Gasteiger partial charge in [0.1, 0.15) is 10.7 Å². The molecule has 2 aromatic rings. The molecule has 1 saturated heterocycles. The molecule has 0 radical (unpaired) electrons. The van der Waals surface area contributed by atoms with E-state index < -0.39 is 0 Å². The van der Waals surface area contributed by atoms with Gasteiger partial charge in [0, 0.05) is 16.8 Å². The Bertz CT molecular complexity index is 756. The van der Waals surface area contributed by atoms with Gasteiger partial charge in [-0.15, -0.1) is 11.3 Å². The molecule has 0 atom stereocenters. The zero-order chi connectivity index (χ0) is 17.6. The van der Waals surface area contributed by atoms with Crippen LogP contribution in [0, 0.1) is 12.3 Å². The summed E-state index contributed by atoms with van der Waals surface area (Å²) in [5, 5.41) is 1.27. The second-order valence-electron chi connectivity index (χ2n) is 8.63. The molecule has 5 heteroatoms. The van der Waals surface area contributed by atoms with Crippen molar-refractivity contribution in [2.24, 2.45) is 5.41 Å². The minimum atomic E-state index is 0.516.